The third-order valence-electron chi connectivity index (χ3n) is 9.35. The van der Waals surface area contributed by atoms with E-state index < -0.39 is 0 Å². The number of halogens is 1. The molecule has 0 bridgehead atoms. The molecule has 6 rings (SSSR count). The summed E-state index contributed by atoms with van der Waals surface area (Å²) < 4.78 is 22.4. The van der Waals surface area contributed by atoms with Crippen LogP contribution in [0, 0.1) is 31.0 Å². The Hall–Kier alpha value is -5.83. The average Bonchev–Trinajstić information content (AvgIpc) is 3.30. The van der Waals surface area contributed by atoms with Crippen molar-refractivity contribution in [2.24, 2.45) is 0 Å². The van der Waals surface area contributed by atoms with Crippen LogP contribution in [0.15, 0.2) is 97.1 Å². The van der Waals surface area contributed by atoms with Crippen molar-refractivity contribution in [1.29, 1.82) is 5.26 Å². The number of nitrogens with one attached hydrogen (secondary N) is 1. The molecule has 2 aliphatic rings. The number of nitrogens with zero attached hydrogens (tertiary/aromatic N) is 7. The number of benzene rings is 4. The van der Waals surface area contributed by atoms with Crippen LogP contribution < -0.4 is 24.3 Å². The van der Waals surface area contributed by atoms with Gasteiger partial charge in [0.2, 0.25) is 0 Å². The molecule has 2 heterocycles. The van der Waals surface area contributed by atoms with Crippen molar-refractivity contribution in [1.82, 2.24) is 20.0 Å². The monoisotopic (exact) mass is 816 g/mol. The predicted octanol–water partition coefficient (Wildman–Crippen LogP) is 8.34. The second kappa shape index (κ2) is 27.7. The molecule has 4 aromatic carbocycles. The van der Waals surface area contributed by atoms with Crippen LogP contribution in [0.5, 0.6) is 23.0 Å². The van der Waals surface area contributed by atoms with E-state index in [1.54, 1.807) is 60.7 Å². The zero-order valence-corrected chi connectivity index (χ0v) is 34.4. The predicted molar refractivity (Wildman–Crippen MR) is 233 cm³/mol. The van der Waals surface area contributed by atoms with Gasteiger partial charge in [0.25, 0.3) is 0 Å². The molecular formula is C46H53ClN8O4. The van der Waals surface area contributed by atoms with Crippen LogP contribution in [0.1, 0.15) is 18.4 Å². The van der Waals surface area contributed by atoms with Crippen LogP contribution >= 0.6 is 11.6 Å². The van der Waals surface area contributed by atoms with E-state index in [-0.39, 0.29) is 0 Å². The van der Waals surface area contributed by atoms with Crippen LogP contribution in [-0.4, -0.2) is 119 Å². The number of alkyl halides is 1. The first kappa shape index (κ1) is 45.9. The SMILES string of the molecule is [C-]#[N+]c1ccc(OCCCN2CCN(CCOc3ccc(C#N)cc3)CC2)cc1.[C-]#[N+]c1ccc(OCCCN2CCNCC2)cc1.[C-]#[N+]c1ccc(OCCCl)cc1. The van der Waals surface area contributed by atoms with Gasteiger partial charge in [-0.1, -0.05) is 36.4 Å². The van der Waals surface area contributed by atoms with Crippen molar-refractivity contribution in [3.8, 4) is 29.1 Å². The molecule has 2 aliphatic heterocycles. The Labute approximate surface area is 354 Å². The summed E-state index contributed by atoms with van der Waals surface area (Å²) in [6.45, 7) is 34.9. The molecule has 2 fully saturated rings. The van der Waals surface area contributed by atoms with Crippen molar-refractivity contribution in [3.63, 3.8) is 0 Å². The summed E-state index contributed by atoms with van der Waals surface area (Å²) >= 11 is 5.44. The van der Waals surface area contributed by atoms with E-state index in [0.717, 1.165) is 114 Å². The molecular weight excluding hydrogens is 764 g/mol. The minimum Gasteiger partial charge on any atom is -0.494 e. The number of hydrogen-bond donors (Lipinski definition) is 1. The van der Waals surface area contributed by atoms with Crippen LogP contribution in [0.2, 0.25) is 0 Å². The van der Waals surface area contributed by atoms with Gasteiger partial charge >= 0.3 is 0 Å². The Kier molecular flexibility index (Phi) is 21.6. The molecule has 0 unspecified atom stereocenters. The second-order valence-electron chi connectivity index (χ2n) is 13.5. The second-order valence-corrected chi connectivity index (χ2v) is 13.9. The fourth-order valence-electron chi connectivity index (χ4n) is 6.05. The summed E-state index contributed by atoms with van der Waals surface area (Å²) in [6, 6.07) is 30.9. The lowest BCUT2D eigenvalue weighted by Gasteiger charge is -2.34. The van der Waals surface area contributed by atoms with E-state index in [0.29, 0.717) is 48.3 Å². The Morgan fingerprint density at radius 3 is 1.25 bits per heavy atom. The van der Waals surface area contributed by atoms with E-state index in [2.05, 4.69) is 40.6 Å². The summed E-state index contributed by atoms with van der Waals surface area (Å²) in [4.78, 5) is 17.4. The third kappa shape index (κ3) is 18.5. The van der Waals surface area contributed by atoms with Crippen LogP contribution in [0.3, 0.4) is 0 Å². The van der Waals surface area contributed by atoms with Crippen molar-refractivity contribution in [3.05, 3.63) is 137 Å². The van der Waals surface area contributed by atoms with Crippen molar-refractivity contribution in [2.75, 3.05) is 104 Å². The molecule has 2 saturated heterocycles. The molecule has 12 nitrogen and oxygen atoms in total. The highest BCUT2D eigenvalue weighted by Gasteiger charge is 2.16. The zero-order chi connectivity index (χ0) is 41.8. The molecule has 0 atom stereocenters. The van der Waals surface area contributed by atoms with Gasteiger partial charge in [-0.25, -0.2) is 14.5 Å². The maximum absolute atomic E-state index is 8.82. The topological polar surface area (TPSA) is 95.5 Å². The summed E-state index contributed by atoms with van der Waals surface area (Å²) in [5.41, 5.74) is 2.56. The highest BCUT2D eigenvalue weighted by Crippen LogP contribution is 2.20. The maximum Gasteiger partial charge on any atom is 0.187 e. The third-order valence-corrected chi connectivity index (χ3v) is 9.51. The standard InChI is InChI=1S/C23H26N4O2.C14H19N3O.C9H8ClNO/c1-25-21-5-9-23(10-6-21)28-17-2-11-26-12-14-27(15-13-26)16-18-29-22-7-3-20(19-24)4-8-22;1-15-13-3-5-14(6-4-13)18-12-2-9-17-10-7-16-8-11-17;1-11-8-2-4-9(5-3-8)12-7-6-10/h3-10H,2,11-18H2;3-6,16H,2,7-12H2;2-5H,6-7H2. The summed E-state index contributed by atoms with van der Waals surface area (Å²) in [7, 11) is 0. The fraction of sp³-hybridized carbons (Fsp3) is 0.391. The molecule has 0 radical (unpaired) electrons. The summed E-state index contributed by atoms with van der Waals surface area (Å²) in [5.74, 6) is 3.71. The summed E-state index contributed by atoms with van der Waals surface area (Å²) in [5, 5.41) is 12.2. The van der Waals surface area contributed by atoms with E-state index in [4.69, 9.17) is 55.5 Å². The van der Waals surface area contributed by atoms with Gasteiger partial charge < -0.3 is 34.1 Å². The van der Waals surface area contributed by atoms with E-state index in [1.807, 2.05) is 36.4 Å². The Morgan fingerprint density at radius 1 is 0.508 bits per heavy atom. The molecule has 59 heavy (non-hydrogen) atoms. The Morgan fingerprint density at radius 2 is 0.864 bits per heavy atom. The lowest BCUT2D eigenvalue weighted by Crippen LogP contribution is -2.47. The quantitative estimate of drug-likeness (QED) is 0.0642. The molecule has 0 spiro atoms. The Bertz CT molecular complexity index is 1920. The van der Waals surface area contributed by atoms with Gasteiger partial charge in [-0.2, -0.15) is 5.26 Å². The zero-order valence-electron chi connectivity index (χ0n) is 33.6. The fourth-order valence-corrected chi connectivity index (χ4v) is 6.13. The first-order valence-electron chi connectivity index (χ1n) is 19.9. The Balaban J connectivity index is 0.000000217. The van der Waals surface area contributed by atoms with Gasteiger partial charge in [0, 0.05) is 72.0 Å². The average molecular weight is 817 g/mol. The minimum absolute atomic E-state index is 0.477. The van der Waals surface area contributed by atoms with Crippen molar-refractivity contribution in [2.45, 2.75) is 12.8 Å². The van der Waals surface area contributed by atoms with Gasteiger partial charge in [-0.15, -0.1) is 11.6 Å². The van der Waals surface area contributed by atoms with Crippen LogP contribution in [0.4, 0.5) is 17.1 Å². The molecule has 0 amide bonds. The minimum atomic E-state index is 0.477. The smallest absolute Gasteiger partial charge is 0.187 e. The molecule has 13 heteroatoms. The van der Waals surface area contributed by atoms with Crippen molar-refractivity contribution < 1.29 is 18.9 Å². The number of ether oxygens (including phenoxy) is 4. The lowest BCUT2D eigenvalue weighted by molar-refractivity contribution is 0.112. The lowest BCUT2D eigenvalue weighted by atomic mass is 10.2. The molecule has 1 N–H and O–H groups in total. The molecule has 0 saturated carbocycles. The van der Waals surface area contributed by atoms with Gasteiger partial charge in [-0.05, 0) is 73.5 Å². The van der Waals surface area contributed by atoms with Crippen LogP contribution in [0.25, 0.3) is 14.5 Å². The molecule has 0 aromatic heterocycles. The van der Waals surface area contributed by atoms with Crippen molar-refractivity contribution >= 4 is 28.7 Å². The number of piperazine rings is 2. The summed E-state index contributed by atoms with van der Waals surface area (Å²) in [6.07, 6.45) is 2.04. The highest BCUT2D eigenvalue weighted by molar-refractivity contribution is 6.18. The molecule has 0 aliphatic carbocycles. The van der Waals surface area contributed by atoms with Gasteiger partial charge in [0.05, 0.1) is 50.4 Å². The van der Waals surface area contributed by atoms with E-state index in [1.165, 1.54) is 0 Å². The number of hydrogen-bond acceptors (Lipinski definition) is 9. The maximum atomic E-state index is 8.82. The molecule has 4 aromatic rings. The van der Waals surface area contributed by atoms with Gasteiger partial charge in [0.15, 0.2) is 17.1 Å². The highest BCUT2D eigenvalue weighted by atomic mass is 35.5. The molecule has 308 valence electrons. The first-order valence-corrected chi connectivity index (χ1v) is 20.4. The van der Waals surface area contributed by atoms with Crippen LogP contribution in [-0.2, 0) is 0 Å². The van der Waals surface area contributed by atoms with Gasteiger partial charge in [0.1, 0.15) is 36.2 Å². The van der Waals surface area contributed by atoms with E-state index in [9.17, 15) is 0 Å². The van der Waals surface area contributed by atoms with Gasteiger partial charge in [-0.3, -0.25) is 4.90 Å². The normalized spacial score (nSPS) is 14.0. The number of nitriles is 1. The first-order chi connectivity index (χ1) is 29.0. The van der Waals surface area contributed by atoms with E-state index >= 15 is 0 Å². The largest absolute Gasteiger partial charge is 0.494 e. The number of rotatable bonds is 17.